The molecule has 0 radical (unpaired) electrons. The Kier molecular flexibility index (Phi) is 7.53. The third kappa shape index (κ3) is 6.07. The first-order valence-corrected chi connectivity index (χ1v) is 7.69. The molecule has 4 heteroatoms. The summed E-state index contributed by atoms with van der Waals surface area (Å²) < 4.78 is 0. The summed E-state index contributed by atoms with van der Waals surface area (Å²) in [6, 6.07) is 9.71. The number of hydrogen-bond acceptors (Lipinski definition) is 3. The molecule has 1 rings (SSSR count). The molecule has 0 aliphatic rings. The van der Waals surface area contributed by atoms with Gasteiger partial charge in [-0.05, 0) is 30.4 Å². The number of hydrogen-bond donors (Lipinski definition) is 2. The number of rotatable bonds is 8. The molecule has 3 nitrogen and oxygen atoms in total. The van der Waals surface area contributed by atoms with Crippen molar-refractivity contribution < 1.29 is 4.79 Å². The smallest absolute Gasteiger partial charge is 0.220 e. The fourth-order valence-electron chi connectivity index (χ4n) is 1.66. The average molecular weight is 266 g/mol. The lowest BCUT2D eigenvalue weighted by atomic mass is 10.1. The highest BCUT2D eigenvalue weighted by Gasteiger charge is 2.07. The standard InChI is InChI=1S/C14H22N2OS/c1-18-10-6-5-9-14(17)16-11-13(15)12-7-3-2-4-8-12/h2-4,7-8,13H,5-6,9-11,15H2,1H3,(H,16,17). The Morgan fingerprint density at radius 1 is 1.33 bits per heavy atom. The Balaban J connectivity index is 2.18. The van der Waals surface area contributed by atoms with Gasteiger partial charge in [-0.1, -0.05) is 30.3 Å². The van der Waals surface area contributed by atoms with E-state index in [1.807, 2.05) is 42.1 Å². The molecule has 1 atom stereocenters. The van der Waals surface area contributed by atoms with Crippen LogP contribution in [-0.4, -0.2) is 24.5 Å². The van der Waals surface area contributed by atoms with Crippen LogP contribution in [0.25, 0.3) is 0 Å². The zero-order valence-electron chi connectivity index (χ0n) is 10.9. The van der Waals surface area contributed by atoms with Gasteiger partial charge in [0.05, 0.1) is 0 Å². The van der Waals surface area contributed by atoms with Crippen LogP contribution in [0.2, 0.25) is 0 Å². The first-order valence-electron chi connectivity index (χ1n) is 6.30. The average Bonchev–Trinajstić information content (AvgIpc) is 2.42. The molecular formula is C14H22N2OS. The quantitative estimate of drug-likeness (QED) is 0.710. The number of carbonyl (C=O) groups excluding carboxylic acids is 1. The highest BCUT2D eigenvalue weighted by atomic mass is 32.2. The van der Waals surface area contributed by atoms with Gasteiger partial charge in [0.25, 0.3) is 0 Å². The van der Waals surface area contributed by atoms with Gasteiger partial charge in [-0.25, -0.2) is 0 Å². The van der Waals surface area contributed by atoms with Crippen molar-refractivity contribution in [3.63, 3.8) is 0 Å². The van der Waals surface area contributed by atoms with Crippen LogP contribution in [0.3, 0.4) is 0 Å². The molecule has 0 spiro atoms. The second-order valence-electron chi connectivity index (χ2n) is 4.27. The second kappa shape index (κ2) is 9.00. The number of nitrogens with one attached hydrogen (secondary N) is 1. The van der Waals surface area contributed by atoms with Crippen LogP contribution in [0, 0.1) is 0 Å². The number of thioether (sulfide) groups is 1. The molecule has 0 aliphatic heterocycles. The Bertz CT molecular complexity index is 343. The number of unbranched alkanes of at least 4 members (excludes halogenated alkanes) is 1. The van der Waals surface area contributed by atoms with Crippen LogP contribution in [0.4, 0.5) is 0 Å². The normalized spacial score (nSPS) is 12.1. The van der Waals surface area contributed by atoms with Crippen molar-refractivity contribution in [1.82, 2.24) is 5.32 Å². The number of amides is 1. The number of nitrogens with two attached hydrogens (primary N) is 1. The van der Waals surface area contributed by atoms with E-state index in [-0.39, 0.29) is 11.9 Å². The van der Waals surface area contributed by atoms with Crippen molar-refractivity contribution in [2.75, 3.05) is 18.6 Å². The molecule has 1 aromatic carbocycles. The maximum Gasteiger partial charge on any atom is 0.220 e. The van der Waals surface area contributed by atoms with E-state index >= 15 is 0 Å². The summed E-state index contributed by atoms with van der Waals surface area (Å²) in [4.78, 5) is 11.6. The van der Waals surface area contributed by atoms with Crippen molar-refractivity contribution in [2.24, 2.45) is 5.73 Å². The molecule has 0 bridgehead atoms. The van der Waals surface area contributed by atoms with Crippen LogP contribution >= 0.6 is 11.8 Å². The second-order valence-corrected chi connectivity index (χ2v) is 5.26. The fourth-order valence-corrected chi connectivity index (χ4v) is 2.16. The molecule has 1 amide bonds. The third-order valence-corrected chi connectivity index (χ3v) is 3.45. The summed E-state index contributed by atoms with van der Waals surface area (Å²) in [6.45, 7) is 0.505. The van der Waals surface area contributed by atoms with Gasteiger partial charge in [0.1, 0.15) is 0 Å². The molecule has 0 heterocycles. The van der Waals surface area contributed by atoms with E-state index in [9.17, 15) is 4.79 Å². The Hall–Kier alpha value is -1.00. The van der Waals surface area contributed by atoms with Crippen molar-refractivity contribution in [3.05, 3.63) is 35.9 Å². The predicted octanol–water partition coefficient (Wildman–Crippen LogP) is 2.34. The minimum atomic E-state index is -0.124. The Morgan fingerprint density at radius 2 is 2.06 bits per heavy atom. The monoisotopic (exact) mass is 266 g/mol. The zero-order chi connectivity index (χ0) is 13.2. The van der Waals surface area contributed by atoms with E-state index < -0.39 is 0 Å². The van der Waals surface area contributed by atoms with Crippen LogP contribution in [0.5, 0.6) is 0 Å². The predicted molar refractivity (Wildman–Crippen MR) is 78.6 cm³/mol. The van der Waals surface area contributed by atoms with Crippen LogP contribution in [0.1, 0.15) is 30.9 Å². The van der Waals surface area contributed by atoms with Gasteiger partial charge in [0.2, 0.25) is 5.91 Å². The van der Waals surface area contributed by atoms with Crippen molar-refractivity contribution in [1.29, 1.82) is 0 Å². The molecule has 0 aliphatic carbocycles. The number of benzene rings is 1. The Morgan fingerprint density at radius 3 is 2.72 bits per heavy atom. The SMILES string of the molecule is CSCCCCC(=O)NCC(N)c1ccccc1. The van der Waals surface area contributed by atoms with E-state index in [2.05, 4.69) is 11.6 Å². The first kappa shape index (κ1) is 15.1. The van der Waals surface area contributed by atoms with Crippen molar-refractivity contribution >= 4 is 17.7 Å². The van der Waals surface area contributed by atoms with Crippen LogP contribution in [-0.2, 0) is 4.79 Å². The maximum atomic E-state index is 11.6. The van der Waals surface area contributed by atoms with Crippen LogP contribution in [0.15, 0.2) is 30.3 Å². The summed E-state index contributed by atoms with van der Waals surface area (Å²) in [6.07, 6.45) is 4.73. The van der Waals surface area contributed by atoms with Crippen LogP contribution < -0.4 is 11.1 Å². The summed E-state index contributed by atoms with van der Waals surface area (Å²) in [7, 11) is 0. The van der Waals surface area contributed by atoms with Gasteiger partial charge >= 0.3 is 0 Å². The lowest BCUT2D eigenvalue weighted by Crippen LogP contribution is -2.31. The van der Waals surface area contributed by atoms with Crippen molar-refractivity contribution in [2.45, 2.75) is 25.3 Å². The molecule has 0 aromatic heterocycles. The molecular weight excluding hydrogens is 244 g/mol. The molecule has 1 aromatic rings. The van der Waals surface area contributed by atoms with Crippen molar-refractivity contribution in [3.8, 4) is 0 Å². The van der Waals surface area contributed by atoms with Gasteiger partial charge in [-0.15, -0.1) is 0 Å². The van der Waals surface area contributed by atoms with E-state index in [4.69, 9.17) is 5.73 Å². The van der Waals surface area contributed by atoms with Gasteiger partial charge < -0.3 is 11.1 Å². The topological polar surface area (TPSA) is 55.1 Å². The zero-order valence-corrected chi connectivity index (χ0v) is 11.7. The van der Waals surface area contributed by atoms with Gasteiger partial charge in [-0.3, -0.25) is 4.79 Å². The molecule has 0 fully saturated rings. The molecule has 3 N–H and O–H groups in total. The molecule has 1 unspecified atom stereocenters. The van der Waals surface area contributed by atoms with E-state index in [0.29, 0.717) is 13.0 Å². The summed E-state index contributed by atoms with van der Waals surface area (Å²) in [5.74, 6) is 1.22. The maximum absolute atomic E-state index is 11.6. The third-order valence-electron chi connectivity index (χ3n) is 2.75. The largest absolute Gasteiger partial charge is 0.354 e. The highest BCUT2D eigenvalue weighted by Crippen LogP contribution is 2.08. The van der Waals surface area contributed by atoms with E-state index in [1.165, 1.54) is 0 Å². The summed E-state index contributed by atoms with van der Waals surface area (Å²) in [5, 5.41) is 2.89. The fraction of sp³-hybridized carbons (Fsp3) is 0.500. The molecule has 18 heavy (non-hydrogen) atoms. The summed E-state index contributed by atoms with van der Waals surface area (Å²) in [5.41, 5.74) is 7.06. The summed E-state index contributed by atoms with van der Waals surface area (Å²) >= 11 is 1.82. The van der Waals surface area contributed by atoms with E-state index in [0.717, 1.165) is 24.2 Å². The molecule has 0 saturated heterocycles. The van der Waals surface area contributed by atoms with Gasteiger partial charge in [0, 0.05) is 19.0 Å². The number of carbonyl (C=O) groups is 1. The minimum absolute atomic E-state index is 0.0995. The molecule has 0 saturated carbocycles. The lowest BCUT2D eigenvalue weighted by Gasteiger charge is -2.13. The lowest BCUT2D eigenvalue weighted by molar-refractivity contribution is -0.121. The van der Waals surface area contributed by atoms with E-state index in [1.54, 1.807) is 0 Å². The molecule has 100 valence electrons. The highest BCUT2D eigenvalue weighted by molar-refractivity contribution is 7.98. The minimum Gasteiger partial charge on any atom is -0.354 e. The van der Waals surface area contributed by atoms with Gasteiger partial charge in [0.15, 0.2) is 0 Å². The Labute approximate surface area is 114 Å². The van der Waals surface area contributed by atoms with Gasteiger partial charge in [-0.2, -0.15) is 11.8 Å². The first-order chi connectivity index (χ1) is 8.74.